The van der Waals surface area contributed by atoms with E-state index in [1.807, 2.05) is 0 Å². The highest BCUT2D eigenvalue weighted by atomic mass is 16.5. The topological polar surface area (TPSA) is 95.9 Å². The summed E-state index contributed by atoms with van der Waals surface area (Å²) in [5.74, 6) is 0.186. The lowest BCUT2D eigenvalue weighted by atomic mass is 10.1. The number of carboxylic acids is 1. The summed E-state index contributed by atoms with van der Waals surface area (Å²) < 4.78 is 5.04. The molecule has 0 saturated carbocycles. The molecule has 0 fully saturated rings. The van der Waals surface area contributed by atoms with Crippen LogP contribution in [0.15, 0.2) is 43.0 Å². The molecule has 0 heterocycles. The van der Waals surface area contributed by atoms with Gasteiger partial charge in [-0.15, -0.1) is 0 Å². The van der Waals surface area contributed by atoms with Crippen LogP contribution >= 0.6 is 0 Å². The number of rotatable bonds is 10. The first-order valence-electron chi connectivity index (χ1n) is 8.94. The first kappa shape index (κ1) is 24.2. The Morgan fingerprint density at radius 2 is 1.96 bits per heavy atom. The Morgan fingerprint density at radius 3 is 2.52 bits per heavy atom. The largest absolute Gasteiger partial charge is 0.504 e. The van der Waals surface area contributed by atoms with Crippen LogP contribution in [0.5, 0.6) is 11.5 Å². The standard InChI is InChI=1S/C18H27NO3.C3H4O2/c1-14(2)8-6-4-5-7-9-18(21)19-13-15-10-11-16(20)17(12-15)22-3;1-2-3(4)5/h6,8,10-12,14,20H,4-5,7,9,13H2,1-3H3,(H,19,21);2H,1H2,(H,4,5). The van der Waals surface area contributed by atoms with Crippen molar-refractivity contribution in [2.75, 3.05) is 7.11 Å². The third-order valence-corrected chi connectivity index (χ3v) is 3.45. The Kier molecular flexibility index (Phi) is 12.9. The van der Waals surface area contributed by atoms with Crippen molar-refractivity contribution in [3.63, 3.8) is 0 Å². The van der Waals surface area contributed by atoms with Crippen molar-refractivity contribution in [3.05, 3.63) is 48.6 Å². The molecule has 150 valence electrons. The summed E-state index contributed by atoms with van der Waals surface area (Å²) in [6.07, 6.45) is 8.71. The maximum Gasteiger partial charge on any atom is 0.327 e. The molecule has 0 aliphatic carbocycles. The number of aliphatic carboxylic acids is 1. The summed E-state index contributed by atoms with van der Waals surface area (Å²) in [6, 6.07) is 5.07. The van der Waals surface area contributed by atoms with Crippen LogP contribution in [0, 0.1) is 5.92 Å². The lowest BCUT2D eigenvalue weighted by Gasteiger charge is -2.08. The molecule has 6 nitrogen and oxygen atoms in total. The van der Waals surface area contributed by atoms with Crippen molar-refractivity contribution < 1.29 is 24.5 Å². The molecular formula is C21H31NO5. The van der Waals surface area contributed by atoms with Gasteiger partial charge < -0.3 is 20.3 Å². The van der Waals surface area contributed by atoms with Crippen LogP contribution in [0.4, 0.5) is 0 Å². The van der Waals surface area contributed by atoms with E-state index in [1.165, 1.54) is 7.11 Å². The van der Waals surface area contributed by atoms with E-state index < -0.39 is 5.97 Å². The summed E-state index contributed by atoms with van der Waals surface area (Å²) in [6.45, 7) is 7.72. The average molecular weight is 377 g/mol. The predicted octanol–water partition coefficient (Wildman–Crippen LogP) is 4.05. The molecule has 1 aromatic carbocycles. The van der Waals surface area contributed by atoms with Gasteiger partial charge in [-0.1, -0.05) is 38.6 Å². The van der Waals surface area contributed by atoms with Crippen LogP contribution < -0.4 is 10.1 Å². The lowest BCUT2D eigenvalue weighted by Crippen LogP contribution is -2.22. The van der Waals surface area contributed by atoms with Gasteiger partial charge in [-0.25, -0.2) is 4.79 Å². The minimum Gasteiger partial charge on any atom is -0.504 e. The zero-order valence-electron chi connectivity index (χ0n) is 16.4. The summed E-state index contributed by atoms with van der Waals surface area (Å²) >= 11 is 0. The third-order valence-electron chi connectivity index (χ3n) is 3.45. The molecule has 27 heavy (non-hydrogen) atoms. The summed E-state index contributed by atoms with van der Waals surface area (Å²) in [5, 5.41) is 20.0. The number of carboxylic acid groups (broad SMARTS) is 1. The van der Waals surface area contributed by atoms with Crippen LogP contribution in [0.1, 0.15) is 45.1 Å². The summed E-state index contributed by atoms with van der Waals surface area (Å²) in [7, 11) is 1.51. The molecule has 0 bridgehead atoms. The molecule has 6 heteroatoms. The second-order valence-electron chi connectivity index (χ2n) is 6.24. The van der Waals surface area contributed by atoms with Crippen molar-refractivity contribution in [1.82, 2.24) is 5.32 Å². The number of allylic oxidation sites excluding steroid dienone is 2. The number of phenolic OH excluding ortho intramolecular Hbond substituents is 1. The van der Waals surface area contributed by atoms with E-state index in [2.05, 4.69) is 37.9 Å². The molecule has 0 unspecified atom stereocenters. The highest BCUT2D eigenvalue weighted by molar-refractivity contribution is 5.78. The van der Waals surface area contributed by atoms with Crippen molar-refractivity contribution in [1.29, 1.82) is 0 Å². The summed E-state index contributed by atoms with van der Waals surface area (Å²) in [5.41, 5.74) is 0.905. The number of amides is 1. The van der Waals surface area contributed by atoms with E-state index in [1.54, 1.807) is 18.2 Å². The lowest BCUT2D eigenvalue weighted by molar-refractivity contribution is -0.131. The van der Waals surface area contributed by atoms with Gasteiger partial charge in [-0.05, 0) is 42.9 Å². The number of phenols is 1. The van der Waals surface area contributed by atoms with Crippen LogP contribution in [0.3, 0.4) is 0 Å². The normalized spacial score (nSPS) is 10.2. The van der Waals surface area contributed by atoms with E-state index in [9.17, 15) is 14.7 Å². The smallest absolute Gasteiger partial charge is 0.327 e. The predicted molar refractivity (Wildman–Crippen MR) is 107 cm³/mol. The molecule has 1 rings (SSSR count). The van der Waals surface area contributed by atoms with Crippen LogP contribution in [-0.2, 0) is 16.1 Å². The van der Waals surface area contributed by atoms with E-state index >= 15 is 0 Å². The Labute approximate surface area is 161 Å². The van der Waals surface area contributed by atoms with Gasteiger partial charge in [-0.2, -0.15) is 0 Å². The number of methoxy groups -OCH3 is 1. The second kappa shape index (κ2) is 14.4. The first-order valence-corrected chi connectivity index (χ1v) is 8.94. The number of aromatic hydroxyl groups is 1. The van der Waals surface area contributed by atoms with E-state index in [4.69, 9.17) is 9.84 Å². The molecule has 0 saturated heterocycles. The third kappa shape index (κ3) is 13.1. The molecule has 1 amide bonds. The molecule has 0 radical (unpaired) electrons. The Morgan fingerprint density at radius 1 is 1.30 bits per heavy atom. The minimum absolute atomic E-state index is 0.0554. The number of benzene rings is 1. The van der Waals surface area contributed by atoms with Gasteiger partial charge in [0.05, 0.1) is 7.11 Å². The van der Waals surface area contributed by atoms with Crippen molar-refractivity contribution in [2.45, 2.75) is 46.1 Å². The molecule has 0 aliphatic heterocycles. The fraction of sp³-hybridized carbons (Fsp3) is 0.429. The number of ether oxygens (including phenoxy) is 1. The van der Waals surface area contributed by atoms with Crippen molar-refractivity contribution in [2.24, 2.45) is 5.92 Å². The molecule has 0 spiro atoms. The number of unbranched alkanes of at least 4 members (excludes halogenated alkanes) is 2. The Balaban J connectivity index is 0.00000119. The van der Waals surface area contributed by atoms with E-state index in [0.29, 0.717) is 24.6 Å². The van der Waals surface area contributed by atoms with Gasteiger partial charge in [0.15, 0.2) is 11.5 Å². The summed E-state index contributed by atoms with van der Waals surface area (Å²) in [4.78, 5) is 21.0. The number of nitrogens with one attached hydrogen (secondary N) is 1. The molecule has 3 N–H and O–H groups in total. The monoisotopic (exact) mass is 377 g/mol. The Hall–Kier alpha value is -2.76. The second-order valence-corrected chi connectivity index (χ2v) is 6.24. The van der Waals surface area contributed by atoms with Gasteiger partial charge in [0.25, 0.3) is 0 Å². The highest BCUT2D eigenvalue weighted by Crippen LogP contribution is 2.26. The van der Waals surface area contributed by atoms with Crippen LogP contribution in [-0.4, -0.2) is 29.2 Å². The fourth-order valence-electron chi connectivity index (χ4n) is 2.04. The highest BCUT2D eigenvalue weighted by Gasteiger charge is 2.05. The molecule has 0 atom stereocenters. The fourth-order valence-corrected chi connectivity index (χ4v) is 2.04. The van der Waals surface area contributed by atoms with Gasteiger partial charge in [-0.3, -0.25) is 4.79 Å². The first-order chi connectivity index (χ1) is 12.8. The Bertz CT molecular complexity index is 623. The number of carbonyl (C=O) groups is 2. The van der Waals surface area contributed by atoms with Crippen LogP contribution in [0.25, 0.3) is 0 Å². The van der Waals surface area contributed by atoms with Crippen molar-refractivity contribution in [3.8, 4) is 11.5 Å². The maximum absolute atomic E-state index is 11.8. The van der Waals surface area contributed by atoms with E-state index in [0.717, 1.165) is 30.9 Å². The van der Waals surface area contributed by atoms with Crippen LogP contribution in [0.2, 0.25) is 0 Å². The zero-order chi connectivity index (χ0) is 20.7. The van der Waals surface area contributed by atoms with Gasteiger partial charge >= 0.3 is 5.97 Å². The van der Waals surface area contributed by atoms with Crippen molar-refractivity contribution >= 4 is 11.9 Å². The maximum atomic E-state index is 11.8. The quantitative estimate of drug-likeness (QED) is 0.325. The minimum atomic E-state index is -0.981. The number of hydrogen-bond donors (Lipinski definition) is 3. The molecular weight excluding hydrogens is 346 g/mol. The SMILES string of the molecule is C=CC(=O)O.COc1cc(CNC(=O)CCCCC=CC(C)C)ccc1O. The number of carbonyl (C=O) groups excluding carboxylic acids is 1. The molecule has 0 aromatic heterocycles. The van der Waals surface area contributed by atoms with E-state index in [-0.39, 0.29) is 11.7 Å². The van der Waals surface area contributed by atoms with Gasteiger partial charge in [0.2, 0.25) is 5.91 Å². The van der Waals surface area contributed by atoms with Gasteiger partial charge in [0, 0.05) is 19.0 Å². The molecule has 0 aliphatic rings. The molecule has 1 aromatic rings. The average Bonchev–Trinajstić information content (AvgIpc) is 2.64. The number of hydrogen-bond acceptors (Lipinski definition) is 4. The zero-order valence-corrected chi connectivity index (χ0v) is 16.4. The van der Waals surface area contributed by atoms with Gasteiger partial charge in [0.1, 0.15) is 0 Å².